The summed E-state index contributed by atoms with van der Waals surface area (Å²) in [6.07, 6.45) is 9.09. The molecule has 3 aromatic rings. The number of nitrogens with one attached hydrogen (secondary N) is 2. The topological polar surface area (TPSA) is 59.6 Å². The van der Waals surface area contributed by atoms with Gasteiger partial charge < -0.3 is 14.6 Å². The smallest absolute Gasteiger partial charge is 0.291 e. The lowest BCUT2D eigenvalue weighted by molar-refractivity contribution is -0.930. The highest BCUT2D eigenvalue weighted by Crippen LogP contribution is 2.38. The summed E-state index contributed by atoms with van der Waals surface area (Å²) in [5, 5.41) is 4.04. The molecule has 0 aliphatic carbocycles. The first-order valence-electron chi connectivity index (χ1n) is 9.84. The largest absolute Gasteiger partial charge is 0.459 e. The molecule has 0 saturated carbocycles. The van der Waals surface area contributed by atoms with E-state index in [1.807, 2.05) is 18.5 Å². The second-order valence-corrected chi connectivity index (χ2v) is 8.62. The van der Waals surface area contributed by atoms with E-state index in [9.17, 15) is 4.79 Å². The summed E-state index contributed by atoms with van der Waals surface area (Å²) < 4.78 is 5.28. The first-order chi connectivity index (χ1) is 13.6. The van der Waals surface area contributed by atoms with Crippen LogP contribution in [-0.4, -0.2) is 24.0 Å². The number of amides is 1. The van der Waals surface area contributed by atoms with Gasteiger partial charge >= 0.3 is 0 Å². The lowest BCUT2D eigenvalue weighted by Crippen LogP contribution is -3.13. The summed E-state index contributed by atoms with van der Waals surface area (Å²) in [5.41, 5.74) is 3.67. The molecule has 1 aliphatic rings. The molecule has 0 bridgehead atoms. The van der Waals surface area contributed by atoms with Crippen molar-refractivity contribution in [2.45, 2.75) is 39.2 Å². The van der Waals surface area contributed by atoms with E-state index in [4.69, 9.17) is 4.42 Å². The molecule has 28 heavy (non-hydrogen) atoms. The molecule has 1 fully saturated rings. The number of carbonyl (C=O) groups is 1. The first kappa shape index (κ1) is 18.9. The summed E-state index contributed by atoms with van der Waals surface area (Å²) in [7, 11) is 0. The number of rotatable bonds is 5. The molecule has 3 aromatic heterocycles. The molecular formula is C22H26N3O2S+. The highest BCUT2D eigenvalue weighted by Gasteiger charge is 2.33. The molecule has 4 heterocycles. The fourth-order valence-corrected chi connectivity index (χ4v) is 5.20. The lowest BCUT2D eigenvalue weighted by Gasteiger charge is -2.32. The molecule has 6 heteroatoms. The molecule has 0 radical (unpaired) electrons. The third-order valence-corrected chi connectivity index (χ3v) is 6.75. The fraction of sp³-hybridized carbons (Fsp3) is 0.364. The minimum atomic E-state index is -0.203. The minimum Gasteiger partial charge on any atom is -0.459 e. The van der Waals surface area contributed by atoms with Crippen LogP contribution in [0, 0.1) is 13.8 Å². The molecule has 2 N–H and O–H groups in total. The van der Waals surface area contributed by atoms with Gasteiger partial charge in [-0.15, -0.1) is 11.3 Å². The Kier molecular flexibility index (Phi) is 5.59. The maximum absolute atomic E-state index is 12.7. The van der Waals surface area contributed by atoms with E-state index in [1.54, 1.807) is 28.4 Å². The van der Waals surface area contributed by atoms with Crippen molar-refractivity contribution in [1.29, 1.82) is 0 Å². The van der Waals surface area contributed by atoms with E-state index >= 15 is 0 Å². The summed E-state index contributed by atoms with van der Waals surface area (Å²) in [5.74, 6) is 0.129. The van der Waals surface area contributed by atoms with E-state index in [2.05, 4.69) is 30.2 Å². The van der Waals surface area contributed by atoms with Gasteiger partial charge in [0.2, 0.25) is 0 Å². The van der Waals surface area contributed by atoms with Gasteiger partial charge in [0.05, 0.1) is 24.9 Å². The Morgan fingerprint density at radius 1 is 1.21 bits per heavy atom. The van der Waals surface area contributed by atoms with E-state index in [0.29, 0.717) is 5.76 Å². The summed E-state index contributed by atoms with van der Waals surface area (Å²) >= 11 is 1.65. The number of aryl methyl sites for hydroxylation is 1. The number of likely N-dealkylation sites (tertiary alicyclic amines) is 1. The molecule has 146 valence electrons. The molecule has 0 spiro atoms. The van der Waals surface area contributed by atoms with Crippen molar-refractivity contribution in [3.05, 3.63) is 70.3 Å². The number of furan rings is 1. The van der Waals surface area contributed by atoms with E-state index in [1.165, 1.54) is 47.1 Å². The summed E-state index contributed by atoms with van der Waals surface area (Å²) in [6, 6.07) is 7.75. The van der Waals surface area contributed by atoms with Gasteiger partial charge in [0, 0.05) is 22.8 Å². The zero-order valence-electron chi connectivity index (χ0n) is 16.3. The van der Waals surface area contributed by atoms with Crippen LogP contribution in [0.15, 0.2) is 47.3 Å². The molecule has 1 unspecified atom stereocenters. The monoisotopic (exact) mass is 396 g/mol. The van der Waals surface area contributed by atoms with Crippen molar-refractivity contribution in [3.63, 3.8) is 0 Å². The van der Waals surface area contributed by atoms with Crippen LogP contribution < -0.4 is 10.2 Å². The van der Waals surface area contributed by atoms with Crippen molar-refractivity contribution in [3.8, 4) is 0 Å². The Bertz CT molecular complexity index is 928. The summed E-state index contributed by atoms with van der Waals surface area (Å²) in [6.45, 7) is 6.56. The molecule has 1 saturated heterocycles. The number of carbonyl (C=O) groups excluding carboxylic acids is 1. The Hall–Kier alpha value is -2.44. The SMILES string of the molecule is Cc1sc(NC(=O)c2ccco2)c(C(c2cccnc2)[NH+]2CCCCC2)c1C. The zero-order valence-corrected chi connectivity index (χ0v) is 17.1. The van der Waals surface area contributed by atoms with Gasteiger partial charge in [-0.2, -0.15) is 0 Å². The first-order valence-corrected chi connectivity index (χ1v) is 10.7. The van der Waals surface area contributed by atoms with Crippen LogP contribution in [0.2, 0.25) is 0 Å². The van der Waals surface area contributed by atoms with Gasteiger partial charge in [0.15, 0.2) is 5.76 Å². The standard InChI is InChI=1S/C22H25N3O2S/c1-15-16(2)28-22(24-21(26)18-9-7-13-27-18)19(15)20(17-8-6-10-23-14-17)25-11-4-3-5-12-25/h6-10,13-14,20H,3-5,11-12H2,1-2H3,(H,24,26)/p+1. The second-order valence-electron chi connectivity index (χ2n) is 7.40. The number of pyridine rings is 1. The predicted octanol–water partition coefficient (Wildman–Crippen LogP) is 3.76. The van der Waals surface area contributed by atoms with Gasteiger partial charge in [-0.05, 0) is 62.9 Å². The third kappa shape index (κ3) is 3.75. The number of thiophene rings is 1. The molecular weight excluding hydrogens is 370 g/mol. The van der Waals surface area contributed by atoms with Gasteiger partial charge in [-0.25, -0.2) is 0 Å². The van der Waals surface area contributed by atoms with Crippen molar-refractivity contribution in [2.24, 2.45) is 0 Å². The van der Waals surface area contributed by atoms with Gasteiger partial charge in [0.25, 0.3) is 5.91 Å². The molecule has 0 aromatic carbocycles. The van der Waals surface area contributed by atoms with Crippen molar-refractivity contribution in [2.75, 3.05) is 18.4 Å². The van der Waals surface area contributed by atoms with E-state index < -0.39 is 0 Å². The minimum absolute atomic E-state index is 0.172. The Labute approximate surface area is 169 Å². The van der Waals surface area contributed by atoms with E-state index in [0.717, 1.165) is 18.1 Å². The lowest BCUT2D eigenvalue weighted by atomic mass is 9.94. The van der Waals surface area contributed by atoms with Crippen LogP contribution in [0.25, 0.3) is 0 Å². The van der Waals surface area contributed by atoms with Crippen molar-refractivity contribution >= 4 is 22.2 Å². The van der Waals surface area contributed by atoms with Crippen LogP contribution in [0.4, 0.5) is 5.00 Å². The highest BCUT2D eigenvalue weighted by molar-refractivity contribution is 7.16. The average molecular weight is 397 g/mol. The Morgan fingerprint density at radius 2 is 2.04 bits per heavy atom. The molecule has 1 amide bonds. The number of piperidine rings is 1. The number of hydrogen-bond donors (Lipinski definition) is 2. The average Bonchev–Trinajstić information content (AvgIpc) is 3.35. The molecule has 1 atom stereocenters. The quantitative estimate of drug-likeness (QED) is 0.690. The van der Waals surface area contributed by atoms with Crippen LogP contribution in [0.1, 0.15) is 57.4 Å². The highest BCUT2D eigenvalue weighted by atomic mass is 32.1. The van der Waals surface area contributed by atoms with Crippen LogP contribution >= 0.6 is 11.3 Å². The van der Waals surface area contributed by atoms with Crippen LogP contribution in [0.5, 0.6) is 0 Å². The molecule has 4 rings (SSSR count). The van der Waals surface area contributed by atoms with Crippen LogP contribution in [-0.2, 0) is 0 Å². The maximum atomic E-state index is 12.7. The van der Waals surface area contributed by atoms with Crippen molar-refractivity contribution < 1.29 is 14.1 Å². The molecule has 5 nitrogen and oxygen atoms in total. The van der Waals surface area contributed by atoms with Crippen molar-refractivity contribution in [1.82, 2.24) is 4.98 Å². The fourth-order valence-electron chi connectivity index (χ4n) is 4.11. The third-order valence-electron chi connectivity index (χ3n) is 5.61. The number of aromatic nitrogens is 1. The number of anilines is 1. The second kappa shape index (κ2) is 8.29. The maximum Gasteiger partial charge on any atom is 0.291 e. The number of nitrogens with zero attached hydrogens (tertiary/aromatic N) is 1. The zero-order chi connectivity index (χ0) is 19.5. The molecule has 1 aliphatic heterocycles. The van der Waals surface area contributed by atoms with E-state index in [-0.39, 0.29) is 11.9 Å². The van der Waals surface area contributed by atoms with Gasteiger partial charge in [0.1, 0.15) is 11.0 Å². The number of hydrogen-bond acceptors (Lipinski definition) is 4. The van der Waals surface area contributed by atoms with Crippen LogP contribution in [0.3, 0.4) is 0 Å². The van der Waals surface area contributed by atoms with Gasteiger partial charge in [-0.1, -0.05) is 0 Å². The van der Waals surface area contributed by atoms with Gasteiger partial charge in [-0.3, -0.25) is 9.78 Å². The Morgan fingerprint density at radius 3 is 2.71 bits per heavy atom. The normalized spacial score (nSPS) is 16.1. The summed E-state index contributed by atoms with van der Waals surface area (Å²) in [4.78, 5) is 19.8. The number of quaternary nitrogens is 1. The predicted molar refractivity (Wildman–Crippen MR) is 111 cm³/mol. The Balaban J connectivity index is 1.76.